The molecule has 94 valence electrons. The molecule has 0 atom stereocenters. The Hall–Kier alpha value is -1.07. The summed E-state index contributed by atoms with van der Waals surface area (Å²) in [7, 11) is 4.10. The first-order chi connectivity index (χ1) is 8.16. The van der Waals surface area contributed by atoms with E-state index in [2.05, 4.69) is 35.8 Å². The van der Waals surface area contributed by atoms with Crippen molar-refractivity contribution < 1.29 is 4.79 Å². The van der Waals surface area contributed by atoms with Gasteiger partial charge in [0.05, 0.1) is 0 Å². The highest BCUT2D eigenvalue weighted by Crippen LogP contribution is 2.12. The molecule has 0 bridgehead atoms. The van der Waals surface area contributed by atoms with Gasteiger partial charge in [-0.1, -0.05) is 6.07 Å². The van der Waals surface area contributed by atoms with Gasteiger partial charge < -0.3 is 15.1 Å². The molecule has 1 aromatic heterocycles. The highest BCUT2D eigenvalue weighted by atomic mass is 32.1. The first-order valence-electron chi connectivity index (χ1n) is 5.88. The number of likely N-dealkylation sites (N-methyl/N-ethyl adjacent to an activating group) is 1. The standard InChI is InChI=1S/C12H19N3OS/c1-14(2)10-8-15(9-10)12(16)13-6-5-11-4-3-7-17-11/h3-4,7,10H,5-6,8-9H2,1-2H3,(H,13,16). The molecule has 4 nitrogen and oxygen atoms in total. The molecular weight excluding hydrogens is 234 g/mol. The van der Waals surface area contributed by atoms with Crippen LogP contribution >= 0.6 is 11.3 Å². The van der Waals surface area contributed by atoms with Crippen molar-refractivity contribution in [3.63, 3.8) is 0 Å². The molecule has 2 amide bonds. The van der Waals surface area contributed by atoms with Crippen LogP contribution in [-0.2, 0) is 6.42 Å². The lowest BCUT2D eigenvalue weighted by atomic mass is 10.1. The van der Waals surface area contributed by atoms with Crippen molar-refractivity contribution in [1.82, 2.24) is 15.1 Å². The van der Waals surface area contributed by atoms with Gasteiger partial charge in [0, 0.05) is 30.6 Å². The molecule has 1 aromatic rings. The highest BCUT2D eigenvalue weighted by molar-refractivity contribution is 7.09. The Labute approximate surface area is 106 Å². The second kappa shape index (κ2) is 5.51. The third-order valence-corrected chi connectivity index (χ3v) is 4.04. The normalized spacial score (nSPS) is 16.1. The van der Waals surface area contributed by atoms with Crippen LogP contribution in [0.25, 0.3) is 0 Å². The summed E-state index contributed by atoms with van der Waals surface area (Å²) < 4.78 is 0. The zero-order valence-corrected chi connectivity index (χ0v) is 11.2. The summed E-state index contributed by atoms with van der Waals surface area (Å²) in [5.41, 5.74) is 0. The number of urea groups is 1. The average Bonchev–Trinajstić information content (AvgIpc) is 2.67. The van der Waals surface area contributed by atoms with Crippen LogP contribution in [0.5, 0.6) is 0 Å². The van der Waals surface area contributed by atoms with E-state index in [1.165, 1.54) is 4.88 Å². The summed E-state index contributed by atoms with van der Waals surface area (Å²) in [4.78, 5) is 17.1. The summed E-state index contributed by atoms with van der Waals surface area (Å²) in [5, 5.41) is 5.02. The van der Waals surface area contributed by atoms with Crippen LogP contribution in [0.1, 0.15) is 4.88 Å². The predicted molar refractivity (Wildman–Crippen MR) is 70.5 cm³/mol. The summed E-state index contributed by atoms with van der Waals surface area (Å²) in [6.45, 7) is 2.41. The Morgan fingerprint density at radius 1 is 1.59 bits per heavy atom. The Kier molecular flexibility index (Phi) is 4.02. The van der Waals surface area contributed by atoms with Crippen molar-refractivity contribution >= 4 is 17.4 Å². The maximum Gasteiger partial charge on any atom is 0.317 e. The topological polar surface area (TPSA) is 35.6 Å². The molecule has 0 unspecified atom stereocenters. The van der Waals surface area contributed by atoms with E-state index < -0.39 is 0 Å². The summed E-state index contributed by atoms with van der Waals surface area (Å²) in [6.07, 6.45) is 0.925. The maximum atomic E-state index is 11.7. The van der Waals surface area contributed by atoms with E-state index in [1.807, 2.05) is 11.0 Å². The minimum Gasteiger partial charge on any atom is -0.338 e. The summed E-state index contributed by atoms with van der Waals surface area (Å²) in [6, 6.07) is 4.74. The molecule has 1 aliphatic heterocycles. The number of likely N-dealkylation sites (tertiary alicyclic amines) is 1. The van der Waals surface area contributed by atoms with E-state index in [4.69, 9.17) is 0 Å². The molecule has 0 aliphatic carbocycles. The molecule has 2 rings (SSSR count). The van der Waals surface area contributed by atoms with Gasteiger partial charge in [-0.2, -0.15) is 0 Å². The number of amides is 2. The summed E-state index contributed by atoms with van der Waals surface area (Å²) >= 11 is 1.74. The van der Waals surface area contributed by atoms with Gasteiger partial charge in [0.15, 0.2) is 0 Å². The van der Waals surface area contributed by atoms with Gasteiger partial charge in [0.2, 0.25) is 0 Å². The number of carbonyl (C=O) groups is 1. The van der Waals surface area contributed by atoms with Gasteiger partial charge in [-0.15, -0.1) is 11.3 Å². The van der Waals surface area contributed by atoms with E-state index in [9.17, 15) is 4.79 Å². The molecule has 0 aromatic carbocycles. The van der Waals surface area contributed by atoms with Crippen LogP contribution in [0.2, 0.25) is 0 Å². The van der Waals surface area contributed by atoms with Gasteiger partial charge in [-0.3, -0.25) is 0 Å². The molecule has 0 radical (unpaired) electrons. The van der Waals surface area contributed by atoms with E-state index >= 15 is 0 Å². The minimum atomic E-state index is 0.0691. The highest BCUT2D eigenvalue weighted by Gasteiger charge is 2.31. The quantitative estimate of drug-likeness (QED) is 0.876. The molecule has 0 spiro atoms. The number of hydrogen-bond donors (Lipinski definition) is 1. The molecule has 1 N–H and O–H groups in total. The molecule has 0 saturated carbocycles. The van der Waals surface area contributed by atoms with Gasteiger partial charge in [-0.25, -0.2) is 4.79 Å². The lowest BCUT2D eigenvalue weighted by molar-refractivity contribution is 0.0874. The lowest BCUT2D eigenvalue weighted by Crippen LogP contribution is -2.61. The number of rotatable bonds is 4. The van der Waals surface area contributed by atoms with Crippen molar-refractivity contribution in [2.24, 2.45) is 0 Å². The Morgan fingerprint density at radius 3 is 2.94 bits per heavy atom. The molecular formula is C12H19N3OS. The van der Waals surface area contributed by atoms with Gasteiger partial charge in [0.1, 0.15) is 0 Å². The smallest absolute Gasteiger partial charge is 0.317 e. The Bertz CT molecular complexity index is 358. The SMILES string of the molecule is CN(C)C1CN(C(=O)NCCc2cccs2)C1. The Balaban J connectivity index is 1.62. The van der Waals surface area contributed by atoms with Gasteiger partial charge in [-0.05, 0) is 32.0 Å². The monoisotopic (exact) mass is 253 g/mol. The maximum absolute atomic E-state index is 11.7. The second-order valence-corrected chi connectivity index (χ2v) is 5.62. The van der Waals surface area contributed by atoms with Crippen molar-refractivity contribution in [3.8, 4) is 0 Å². The fourth-order valence-electron chi connectivity index (χ4n) is 1.81. The van der Waals surface area contributed by atoms with Crippen molar-refractivity contribution in [2.45, 2.75) is 12.5 Å². The first kappa shape index (κ1) is 12.4. The molecule has 17 heavy (non-hydrogen) atoms. The molecule has 1 aliphatic rings. The van der Waals surface area contributed by atoms with E-state index in [0.29, 0.717) is 6.04 Å². The van der Waals surface area contributed by atoms with E-state index in [1.54, 1.807) is 11.3 Å². The van der Waals surface area contributed by atoms with Crippen LogP contribution in [0, 0.1) is 0 Å². The first-order valence-corrected chi connectivity index (χ1v) is 6.76. The van der Waals surface area contributed by atoms with Crippen LogP contribution < -0.4 is 5.32 Å². The number of thiophene rings is 1. The third-order valence-electron chi connectivity index (χ3n) is 3.11. The van der Waals surface area contributed by atoms with Gasteiger partial charge in [0.25, 0.3) is 0 Å². The van der Waals surface area contributed by atoms with E-state index in [0.717, 1.165) is 26.1 Å². The van der Waals surface area contributed by atoms with Crippen LogP contribution in [0.3, 0.4) is 0 Å². The largest absolute Gasteiger partial charge is 0.338 e. The predicted octanol–water partition coefficient (Wildman–Crippen LogP) is 1.25. The van der Waals surface area contributed by atoms with Crippen LogP contribution in [0.15, 0.2) is 17.5 Å². The van der Waals surface area contributed by atoms with Crippen molar-refractivity contribution in [2.75, 3.05) is 33.7 Å². The molecule has 5 heteroatoms. The zero-order chi connectivity index (χ0) is 12.3. The Morgan fingerprint density at radius 2 is 2.35 bits per heavy atom. The van der Waals surface area contributed by atoms with Crippen molar-refractivity contribution in [1.29, 1.82) is 0 Å². The van der Waals surface area contributed by atoms with Crippen molar-refractivity contribution in [3.05, 3.63) is 22.4 Å². The fraction of sp³-hybridized carbons (Fsp3) is 0.583. The summed E-state index contributed by atoms with van der Waals surface area (Å²) in [5.74, 6) is 0. The zero-order valence-electron chi connectivity index (χ0n) is 10.3. The average molecular weight is 253 g/mol. The molecule has 1 saturated heterocycles. The van der Waals surface area contributed by atoms with E-state index in [-0.39, 0.29) is 6.03 Å². The number of nitrogens with zero attached hydrogens (tertiary/aromatic N) is 2. The molecule has 1 fully saturated rings. The van der Waals surface area contributed by atoms with Crippen LogP contribution in [0.4, 0.5) is 4.79 Å². The second-order valence-electron chi connectivity index (χ2n) is 4.58. The number of carbonyl (C=O) groups excluding carboxylic acids is 1. The third kappa shape index (κ3) is 3.20. The molecule has 2 heterocycles. The number of nitrogens with one attached hydrogen (secondary N) is 1. The lowest BCUT2D eigenvalue weighted by Gasteiger charge is -2.42. The number of hydrogen-bond acceptors (Lipinski definition) is 3. The van der Waals surface area contributed by atoms with Gasteiger partial charge >= 0.3 is 6.03 Å². The fourth-order valence-corrected chi connectivity index (χ4v) is 2.52. The van der Waals surface area contributed by atoms with Crippen LogP contribution in [-0.4, -0.2) is 55.6 Å². The minimum absolute atomic E-state index is 0.0691.